The van der Waals surface area contributed by atoms with E-state index in [4.69, 9.17) is 14.8 Å². The van der Waals surface area contributed by atoms with Gasteiger partial charge in [0.15, 0.2) is 6.61 Å². The monoisotopic (exact) mass is 416 g/mol. The summed E-state index contributed by atoms with van der Waals surface area (Å²) in [5.41, 5.74) is -0.0646. The average molecular weight is 416 g/mol. The second-order valence-corrected chi connectivity index (χ2v) is 7.85. The number of carbonyl (C=O) groups is 2. The van der Waals surface area contributed by atoms with Gasteiger partial charge in [0.1, 0.15) is 17.5 Å². The summed E-state index contributed by atoms with van der Waals surface area (Å²) in [7, 11) is 0. The number of carbonyl (C=O) groups excluding carboxylic acids is 2. The molecule has 162 valence electrons. The molecule has 1 fully saturated rings. The molecule has 0 aliphatic carbocycles. The molecule has 0 aromatic carbocycles. The van der Waals surface area contributed by atoms with Crippen molar-refractivity contribution in [1.29, 1.82) is 5.26 Å². The minimum atomic E-state index is -0.579. The third-order valence-electron chi connectivity index (χ3n) is 4.12. The fourth-order valence-corrected chi connectivity index (χ4v) is 2.67. The van der Waals surface area contributed by atoms with Gasteiger partial charge >= 0.3 is 6.09 Å². The van der Waals surface area contributed by atoms with Crippen LogP contribution in [0, 0.1) is 11.3 Å². The highest BCUT2D eigenvalue weighted by molar-refractivity contribution is 5.78. The lowest BCUT2D eigenvalue weighted by molar-refractivity contribution is -0.136. The number of ether oxygens (including phenoxy) is 1. The summed E-state index contributed by atoms with van der Waals surface area (Å²) >= 11 is 0. The van der Waals surface area contributed by atoms with E-state index >= 15 is 0 Å². The number of hydrogen-bond donors (Lipinski definition) is 1. The number of amides is 2. The molecule has 1 saturated heterocycles. The van der Waals surface area contributed by atoms with Crippen LogP contribution in [0.15, 0.2) is 23.5 Å². The highest BCUT2D eigenvalue weighted by Crippen LogP contribution is 2.14. The van der Waals surface area contributed by atoms with E-state index in [0.717, 1.165) is 5.82 Å². The van der Waals surface area contributed by atoms with Crippen LogP contribution in [-0.4, -0.2) is 72.5 Å². The molecule has 1 aromatic heterocycles. The molecule has 1 N–H and O–H groups in total. The van der Waals surface area contributed by atoms with Gasteiger partial charge in [-0.1, -0.05) is 5.16 Å². The predicted octanol–water partition coefficient (Wildman–Crippen LogP) is 1.52. The van der Waals surface area contributed by atoms with Gasteiger partial charge in [-0.25, -0.2) is 9.78 Å². The Hall–Kier alpha value is -3.35. The highest BCUT2D eigenvalue weighted by atomic mass is 16.6. The Labute approximate surface area is 176 Å². The van der Waals surface area contributed by atoms with Gasteiger partial charge in [-0.2, -0.15) is 5.26 Å². The summed E-state index contributed by atoms with van der Waals surface area (Å²) in [6.07, 6.45) is 2.38. The van der Waals surface area contributed by atoms with E-state index in [1.54, 1.807) is 44.7 Å². The molecule has 0 radical (unpaired) electrons. The first-order chi connectivity index (χ1) is 14.2. The second-order valence-electron chi connectivity index (χ2n) is 7.85. The van der Waals surface area contributed by atoms with Gasteiger partial charge in [-0.05, 0) is 39.8 Å². The van der Waals surface area contributed by atoms with Gasteiger partial charge in [-0.3, -0.25) is 4.79 Å². The average Bonchev–Trinajstić information content (AvgIpc) is 2.69. The normalized spacial score (nSPS) is 15.4. The van der Waals surface area contributed by atoms with Crippen molar-refractivity contribution in [3.63, 3.8) is 0 Å². The molecule has 30 heavy (non-hydrogen) atoms. The highest BCUT2D eigenvalue weighted by Gasteiger charge is 2.22. The summed E-state index contributed by atoms with van der Waals surface area (Å²) in [5, 5.41) is 15.2. The van der Waals surface area contributed by atoms with Crippen LogP contribution in [0.1, 0.15) is 33.3 Å². The third kappa shape index (κ3) is 7.58. The molecule has 2 amide bonds. The second kappa shape index (κ2) is 10.4. The van der Waals surface area contributed by atoms with E-state index in [0.29, 0.717) is 31.7 Å². The SMILES string of the molecule is C[C@@H](/C=N/OCC(=O)N1CCN(c2ccc(C#N)cn2)CC1)NC(=O)OC(C)(C)C. The van der Waals surface area contributed by atoms with Gasteiger partial charge in [0, 0.05) is 32.4 Å². The van der Waals surface area contributed by atoms with Crippen LogP contribution in [0.5, 0.6) is 0 Å². The van der Waals surface area contributed by atoms with Crippen LogP contribution in [0.25, 0.3) is 0 Å². The van der Waals surface area contributed by atoms with Crippen LogP contribution in [0.4, 0.5) is 10.6 Å². The lowest BCUT2D eigenvalue weighted by Crippen LogP contribution is -2.49. The van der Waals surface area contributed by atoms with Crippen molar-refractivity contribution in [1.82, 2.24) is 15.2 Å². The maximum absolute atomic E-state index is 12.3. The smallest absolute Gasteiger partial charge is 0.408 e. The maximum atomic E-state index is 12.3. The lowest BCUT2D eigenvalue weighted by Gasteiger charge is -2.35. The van der Waals surface area contributed by atoms with Gasteiger partial charge in [-0.15, -0.1) is 0 Å². The molecule has 2 rings (SSSR count). The van der Waals surface area contributed by atoms with Gasteiger partial charge in [0.05, 0.1) is 17.8 Å². The summed E-state index contributed by atoms with van der Waals surface area (Å²) in [5.74, 6) is 0.626. The standard InChI is InChI=1S/C20H28N6O4/c1-15(24-19(28)30-20(2,3)4)12-23-29-14-18(27)26-9-7-25(8-10-26)17-6-5-16(11-21)13-22-17/h5-6,12-13,15H,7-10,14H2,1-4H3,(H,24,28)/b23-12+/t15-/m0/s1. The molecule has 0 saturated carbocycles. The molecule has 1 atom stereocenters. The third-order valence-corrected chi connectivity index (χ3v) is 4.12. The molecule has 10 nitrogen and oxygen atoms in total. The molecule has 0 unspecified atom stereocenters. The Morgan fingerprint density at radius 1 is 1.33 bits per heavy atom. The summed E-state index contributed by atoms with van der Waals surface area (Å²) < 4.78 is 5.15. The van der Waals surface area contributed by atoms with Crippen molar-refractivity contribution in [2.75, 3.05) is 37.7 Å². The number of oxime groups is 1. The number of alkyl carbamates (subject to hydrolysis) is 1. The van der Waals surface area contributed by atoms with Gasteiger partial charge < -0.3 is 24.7 Å². The van der Waals surface area contributed by atoms with Crippen molar-refractivity contribution in [2.24, 2.45) is 5.16 Å². The fourth-order valence-electron chi connectivity index (χ4n) is 2.67. The molecule has 10 heteroatoms. The van der Waals surface area contributed by atoms with Gasteiger partial charge in [0.2, 0.25) is 0 Å². The fraction of sp³-hybridized carbons (Fsp3) is 0.550. The van der Waals surface area contributed by atoms with Crippen molar-refractivity contribution < 1.29 is 19.2 Å². The molecular formula is C20H28N6O4. The quantitative estimate of drug-likeness (QED) is 0.551. The molecule has 0 bridgehead atoms. The van der Waals surface area contributed by atoms with Crippen molar-refractivity contribution in [3.05, 3.63) is 23.9 Å². The lowest BCUT2D eigenvalue weighted by atomic mass is 10.2. The molecule has 0 spiro atoms. The topological polar surface area (TPSA) is 120 Å². The molecular weight excluding hydrogens is 388 g/mol. The maximum Gasteiger partial charge on any atom is 0.408 e. The number of nitrogens with zero attached hydrogens (tertiary/aromatic N) is 5. The van der Waals surface area contributed by atoms with Crippen LogP contribution < -0.4 is 10.2 Å². The first-order valence-electron chi connectivity index (χ1n) is 9.72. The summed E-state index contributed by atoms with van der Waals surface area (Å²) in [6, 6.07) is 5.17. The zero-order chi connectivity index (χ0) is 22.1. The van der Waals surface area contributed by atoms with Crippen LogP contribution >= 0.6 is 0 Å². The Bertz CT molecular complexity index is 789. The van der Waals surface area contributed by atoms with Crippen molar-refractivity contribution in [3.8, 4) is 6.07 Å². The van der Waals surface area contributed by atoms with Gasteiger partial charge in [0.25, 0.3) is 5.91 Å². The van der Waals surface area contributed by atoms with E-state index in [2.05, 4.69) is 20.4 Å². The number of anilines is 1. The number of hydrogen-bond acceptors (Lipinski definition) is 8. The summed E-state index contributed by atoms with van der Waals surface area (Å²) in [6.45, 7) is 9.26. The molecule has 1 aliphatic rings. The van der Waals surface area contributed by atoms with Crippen LogP contribution in [0.3, 0.4) is 0 Å². The Balaban J connectivity index is 1.69. The molecule has 1 aromatic rings. The van der Waals surface area contributed by atoms with E-state index in [1.807, 2.05) is 6.07 Å². The molecule has 2 heterocycles. The van der Waals surface area contributed by atoms with E-state index in [-0.39, 0.29) is 12.5 Å². The first kappa shape index (κ1) is 22.9. The number of aromatic nitrogens is 1. The zero-order valence-electron chi connectivity index (χ0n) is 17.8. The number of nitrogens with one attached hydrogen (secondary N) is 1. The van der Waals surface area contributed by atoms with Crippen LogP contribution in [-0.2, 0) is 14.4 Å². The minimum Gasteiger partial charge on any atom is -0.444 e. The minimum absolute atomic E-state index is 0.160. The summed E-state index contributed by atoms with van der Waals surface area (Å²) in [4.78, 5) is 37.0. The van der Waals surface area contributed by atoms with E-state index in [1.165, 1.54) is 12.4 Å². The molecule has 1 aliphatic heterocycles. The predicted molar refractivity (Wildman–Crippen MR) is 111 cm³/mol. The van der Waals surface area contributed by atoms with Crippen molar-refractivity contribution in [2.45, 2.75) is 39.3 Å². The first-order valence-corrected chi connectivity index (χ1v) is 9.72. The number of nitriles is 1. The van der Waals surface area contributed by atoms with Crippen molar-refractivity contribution >= 4 is 24.0 Å². The van der Waals surface area contributed by atoms with Crippen LogP contribution in [0.2, 0.25) is 0 Å². The largest absolute Gasteiger partial charge is 0.444 e. The van der Waals surface area contributed by atoms with E-state index < -0.39 is 17.7 Å². The Kier molecular flexibility index (Phi) is 7.98. The van der Waals surface area contributed by atoms with E-state index in [9.17, 15) is 9.59 Å². The Morgan fingerprint density at radius 2 is 2.03 bits per heavy atom. The number of pyridine rings is 1. The Morgan fingerprint density at radius 3 is 2.60 bits per heavy atom. The zero-order valence-corrected chi connectivity index (χ0v) is 17.8. The number of rotatable bonds is 6. The number of piperazine rings is 1.